The van der Waals surface area contributed by atoms with Crippen molar-refractivity contribution in [2.24, 2.45) is 11.1 Å². The molecule has 1 aromatic heterocycles. The molecule has 0 unspecified atom stereocenters. The smallest absolute Gasteiger partial charge is 0.253 e. The minimum absolute atomic E-state index is 0. The number of rotatable bonds is 8. The van der Waals surface area contributed by atoms with Gasteiger partial charge in [0.05, 0.1) is 11.5 Å². The zero-order valence-electron chi connectivity index (χ0n) is 23.0. The molecule has 0 radical (unpaired) electrons. The van der Waals surface area contributed by atoms with Crippen LogP contribution in [0.4, 0.5) is 0 Å². The number of amides is 3. The van der Waals surface area contributed by atoms with Crippen LogP contribution in [0.1, 0.15) is 65.7 Å². The fourth-order valence-corrected chi connectivity index (χ4v) is 6.37. The van der Waals surface area contributed by atoms with Crippen LogP contribution in [0.2, 0.25) is 0 Å². The summed E-state index contributed by atoms with van der Waals surface area (Å²) in [5.74, 6) is 0.0195. The maximum absolute atomic E-state index is 13.8. The van der Waals surface area contributed by atoms with E-state index in [1.165, 1.54) is 6.42 Å². The lowest BCUT2D eigenvalue weighted by Gasteiger charge is -2.42. The van der Waals surface area contributed by atoms with Gasteiger partial charge >= 0.3 is 0 Å². The van der Waals surface area contributed by atoms with Crippen LogP contribution >= 0.6 is 37.2 Å². The van der Waals surface area contributed by atoms with Crippen molar-refractivity contribution in [2.75, 3.05) is 27.2 Å². The Bertz CT molecular complexity index is 1060. The Labute approximate surface area is 249 Å². The molecule has 10 heteroatoms. The van der Waals surface area contributed by atoms with Crippen LogP contribution in [-0.2, 0) is 22.4 Å². The molecular weight excluding hydrogens is 552 g/mol. The van der Waals surface area contributed by atoms with Crippen LogP contribution < -0.4 is 11.1 Å². The lowest BCUT2D eigenvalue weighted by Crippen LogP contribution is -2.55. The Kier molecular flexibility index (Phi) is 12.8. The van der Waals surface area contributed by atoms with Gasteiger partial charge in [0.25, 0.3) is 5.91 Å². The molecule has 1 aliphatic heterocycles. The van der Waals surface area contributed by atoms with E-state index in [9.17, 15) is 14.4 Å². The van der Waals surface area contributed by atoms with Gasteiger partial charge in [-0.2, -0.15) is 13.5 Å². The third-order valence-corrected chi connectivity index (χ3v) is 8.82. The number of carbonyl (C=O) groups excluding carboxylic acids is 3. The largest absolute Gasteiger partial charge is 0.353 e. The van der Waals surface area contributed by atoms with E-state index in [2.05, 4.69) is 5.32 Å². The number of nitrogens with zero attached hydrogens (tertiary/aromatic N) is 2. The van der Waals surface area contributed by atoms with E-state index in [1.807, 2.05) is 46.7 Å². The second-order valence-corrected chi connectivity index (χ2v) is 11.9. The standard InChI is InChI=1S/C29H40N4O3S.ClH.H2S/c1-32(2)26(34)22-12-10-21(11-13-22)20-29(28(36)31-23-7-4-3-5-8-23)14-16-33(17-15-29)27(35)25(30)19-24-9-6-18-37-24;;/h6,9-13,18,23,25H,3-5,7-8,14-17,19-20,30H2,1-2H3,(H,31,36);1H;1H2/t25-;;/m0../s1. The molecule has 1 aromatic carbocycles. The van der Waals surface area contributed by atoms with Crippen molar-refractivity contribution in [3.8, 4) is 0 Å². The Morgan fingerprint density at radius 3 is 2.28 bits per heavy atom. The second-order valence-electron chi connectivity index (χ2n) is 10.9. The number of hydrogen-bond donors (Lipinski definition) is 2. The van der Waals surface area contributed by atoms with Crippen molar-refractivity contribution >= 4 is 55.0 Å². The SMILES string of the molecule is CN(C)C(=O)c1ccc(CC2(C(=O)NC3CCCCC3)CCN(C(=O)[C@@H](N)Cc3cccs3)CC2)cc1.Cl.S. The van der Waals surface area contributed by atoms with Gasteiger partial charge in [0.1, 0.15) is 0 Å². The monoisotopic (exact) mass is 594 g/mol. The number of nitrogens with one attached hydrogen (secondary N) is 1. The summed E-state index contributed by atoms with van der Waals surface area (Å²) >= 11 is 1.61. The lowest BCUT2D eigenvalue weighted by atomic mass is 9.72. The summed E-state index contributed by atoms with van der Waals surface area (Å²) in [4.78, 5) is 43.7. The van der Waals surface area contributed by atoms with E-state index in [4.69, 9.17) is 5.73 Å². The molecule has 2 aromatic rings. The molecule has 7 nitrogen and oxygen atoms in total. The molecule has 3 N–H and O–H groups in total. The van der Waals surface area contributed by atoms with Crippen LogP contribution in [0, 0.1) is 5.41 Å². The molecule has 1 saturated carbocycles. The van der Waals surface area contributed by atoms with Crippen molar-refractivity contribution in [3.05, 3.63) is 57.8 Å². The summed E-state index contributed by atoms with van der Waals surface area (Å²) in [6, 6.07) is 11.2. The van der Waals surface area contributed by atoms with Crippen molar-refractivity contribution in [3.63, 3.8) is 0 Å². The Morgan fingerprint density at radius 1 is 1.08 bits per heavy atom. The highest BCUT2D eigenvalue weighted by Gasteiger charge is 2.43. The van der Waals surface area contributed by atoms with Crippen LogP contribution in [-0.4, -0.2) is 66.8 Å². The molecule has 0 bridgehead atoms. The van der Waals surface area contributed by atoms with Gasteiger partial charge in [0.15, 0.2) is 0 Å². The number of hydrogen-bond acceptors (Lipinski definition) is 5. The zero-order chi connectivity index (χ0) is 26.4. The van der Waals surface area contributed by atoms with Gasteiger partial charge in [-0.05, 0) is 61.2 Å². The highest BCUT2D eigenvalue weighted by Crippen LogP contribution is 2.37. The predicted octanol–water partition coefficient (Wildman–Crippen LogP) is 4.15. The van der Waals surface area contributed by atoms with E-state index >= 15 is 0 Å². The summed E-state index contributed by atoms with van der Waals surface area (Å²) in [6.07, 6.45) is 7.94. The molecule has 2 heterocycles. The van der Waals surface area contributed by atoms with Gasteiger partial charge in [-0.25, -0.2) is 0 Å². The molecular formula is C29H43ClN4O3S2. The molecule has 2 aliphatic rings. The number of piperidine rings is 1. The maximum Gasteiger partial charge on any atom is 0.253 e. The minimum atomic E-state index is -0.584. The molecule has 1 atom stereocenters. The van der Waals surface area contributed by atoms with E-state index in [-0.39, 0.29) is 49.7 Å². The molecule has 39 heavy (non-hydrogen) atoms. The summed E-state index contributed by atoms with van der Waals surface area (Å²) < 4.78 is 0. The first-order valence-corrected chi connectivity index (χ1v) is 14.3. The number of thiophene rings is 1. The number of likely N-dealkylation sites (tertiary alicyclic amines) is 1. The Morgan fingerprint density at radius 2 is 1.72 bits per heavy atom. The molecule has 1 saturated heterocycles. The normalized spacial score (nSPS) is 17.8. The van der Waals surface area contributed by atoms with E-state index < -0.39 is 11.5 Å². The van der Waals surface area contributed by atoms with Crippen molar-refractivity contribution in [2.45, 2.75) is 69.9 Å². The first-order chi connectivity index (χ1) is 17.8. The maximum atomic E-state index is 13.8. The second kappa shape index (κ2) is 15.1. The number of carbonyl (C=O) groups is 3. The summed E-state index contributed by atoms with van der Waals surface area (Å²) in [6.45, 7) is 1.04. The minimum Gasteiger partial charge on any atom is -0.353 e. The quantitative estimate of drug-likeness (QED) is 0.480. The topological polar surface area (TPSA) is 95.7 Å². The van der Waals surface area contributed by atoms with Gasteiger partial charge in [-0.15, -0.1) is 23.7 Å². The first-order valence-electron chi connectivity index (χ1n) is 13.5. The fourth-order valence-electron chi connectivity index (χ4n) is 5.61. The van der Waals surface area contributed by atoms with Gasteiger partial charge in [0, 0.05) is 50.1 Å². The summed E-state index contributed by atoms with van der Waals surface area (Å²) in [5.41, 5.74) is 7.36. The van der Waals surface area contributed by atoms with Gasteiger partial charge in [-0.3, -0.25) is 14.4 Å². The van der Waals surface area contributed by atoms with Crippen molar-refractivity contribution in [1.82, 2.24) is 15.1 Å². The van der Waals surface area contributed by atoms with Gasteiger partial charge in [-0.1, -0.05) is 37.5 Å². The van der Waals surface area contributed by atoms with Crippen LogP contribution in [0.5, 0.6) is 0 Å². The number of nitrogens with two attached hydrogens (primary N) is 1. The molecule has 0 spiro atoms. The Balaban J connectivity index is 0.00000267. The zero-order valence-corrected chi connectivity index (χ0v) is 25.6. The first kappa shape index (κ1) is 33.1. The van der Waals surface area contributed by atoms with E-state index in [0.717, 1.165) is 36.1 Å². The number of halogens is 1. The van der Waals surface area contributed by atoms with Crippen molar-refractivity contribution in [1.29, 1.82) is 0 Å². The Hall–Kier alpha value is -2.07. The van der Waals surface area contributed by atoms with E-state index in [1.54, 1.807) is 30.3 Å². The number of benzene rings is 1. The van der Waals surface area contributed by atoms with E-state index in [0.29, 0.717) is 44.3 Å². The van der Waals surface area contributed by atoms with Crippen molar-refractivity contribution < 1.29 is 14.4 Å². The third-order valence-electron chi connectivity index (χ3n) is 7.92. The molecule has 4 rings (SSSR count). The average Bonchev–Trinajstić information content (AvgIpc) is 3.42. The van der Waals surface area contributed by atoms with Crippen LogP contribution in [0.3, 0.4) is 0 Å². The average molecular weight is 595 g/mol. The molecule has 1 aliphatic carbocycles. The van der Waals surface area contributed by atoms with Crippen LogP contribution in [0.25, 0.3) is 0 Å². The summed E-state index contributed by atoms with van der Waals surface area (Å²) in [7, 11) is 3.48. The molecule has 3 amide bonds. The fraction of sp³-hybridized carbons (Fsp3) is 0.552. The van der Waals surface area contributed by atoms with Crippen LogP contribution in [0.15, 0.2) is 41.8 Å². The molecule has 2 fully saturated rings. The highest BCUT2D eigenvalue weighted by atomic mass is 35.5. The molecule has 216 valence electrons. The predicted molar refractivity (Wildman–Crippen MR) is 165 cm³/mol. The van der Waals surface area contributed by atoms with Gasteiger partial charge < -0.3 is 20.9 Å². The summed E-state index contributed by atoms with van der Waals surface area (Å²) in [5, 5.41) is 5.36. The highest BCUT2D eigenvalue weighted by molar-refractivity contribution is 7.59. The lowest BCUT2D eigenvalue weighted by molar-refractivity contribution is -0.141. The third kappa shape index (κ3) is 8.46. The van der Waals surface area contributed by atoms with Gasteiger partial charge in [0.2, 0.25) is 11.8 Å².